The first kappa shape index (κ1) is 17.2. The maximum absolute atomic E-state index is 11.7. The Kier molecular flexibility index (Phi) is 7.08. The topological polar surface area (TPSA) is 20.3 Å². The number of anilines is 1. The molecular formula is C12H14BBrNNaO. The monoisotopic (exact) mass is 301 g/mol. The fourth-order valence-corrected chi connectivity index (χ4v) is 2.34. The summed E-state index contributed by atoms with van der Waals surface area (Å²) in [5.74, 6) is 0.259. The minimum absolute atomic E-state index is 0. The quantitative estimate of drug-likeness (QED) is 0.674. The first-order valence-corrected chi connectivity index (χ1v) is 5.98. The fraction of sp³-hybridized carbons (Fsp3) is 0.417. The number of hydrogen-bond donors (Lipinski definition) is 0. The van der Waals surface area contributed by atoms with E-state index in [2.05, 4.69) is 34.7 Å². The van der Waals surface area contributed by atoms with Crippen LogP contribution in [0.1, 0.15) is 30.6 Å². The number of carbonyl (C=O) groups is 1. The summed E-state index contributed by atoms with van der Waals surface area (Å²) in [5.41, 5.74) is 1.92. The van der Waals surface area contributed by atoms with Crippen LogP contribution in [0, 0.1) is 0 Å². The molecule has 0 spiro atoms. The van der Waals surface area contributed by atoms with E-state index in [-0.39, 0.29) is 43.8 Å². The van der Waals surface area contributed by atoms with E-state index in [1.165, 1.54) is 0 Å². The molecule has 17 heavy (non-hydrogen) atoms. The maximum atomic E-state index is 11.7. The molecule has 4 radical (unpaired) electrons. The second-order valence-electron chi connectivity index (χ2n) is 4.12. The SMILES string of the molecule is CC(C)N1CCC(=O)c2ccc(Br)cc21.[B-].[Na+]. The molecule has 0 bridgehead atoms. The number of rotatable bonds is 1. The third-order valence-corrected chi connectivity index (χ3v) is 3.27. The van der Waals surface area contributed by atoms with E-state index in [0.29, 0.717) is 12.5 Å². The summed E-state index contributed by atoms with van der Waals surface area (Å²) in [6.45, 7) is 5.14. The summed E-state index contributed by atoms with van der Waals surface area (Å²) >= 11 is 3.45. The molecule has 0 N–H and O–H groups in total. The summed E-state index contributed by atoms with van der Waals surface area (Å²) in [6, 6.07) is 6.31. The number of nitrogens with zero attached hydrogens (tertiary/aromatic N) is 1. The smallest absolute Gasteiger partial charge is 1.00 e. The zero-order valence-corrected chi connectivity index (χ0v) is 14.1. The van der Waals surface area contributed by atoms with Crippen molar-refractivity contribution in [3.05, 3.63) is 28.2 Å². The van der Waals surface area contributed by atoms with E-state index in [0.717, 1.165) is 22.3 Å². The van der Waals surface area contributed by atoms with Crippen molar-refractivity contribution in [2.24, 2.45) is 0 Å². The Labute approximate surface area is 135 Å². The second-order valence-corrected chi connectivity index (χ2v) is 5.04. The van der Waals surface area contributed by atoms with E-state index in [9.17, 15) is 4.79 Å². The first-order chi connectivity index (χ1) is 7.09. The van der Waals surface area contributed by atoms with Gasteiger partial charge in [0, 0.05) is 34.7 Å². The number of benzene rings is 1. The van der Waals surface area contributed by atoms with Gasteiger partial charge in [-0.25, -0.2) is 0 Å². The van der Waals surface area contributed by atoms with Crippen molar-refractivity contribution in [3.8, 4) is 0 Å². The number of halogens is 1. The molecule has 2 rings (SSSR count). The molecule has 0 aliphatic carbocycles. The van der Waals surface area contributed by atoms with E-state index >= 15 is 0 Å². The van der Waals surface area contributed by atoms with Gasteiger partial charge in [0.2, 0.25) is 0 Å². The molecule has 0 amide bonds. The average Bonchev–Trinajstić information content (AvgIpc) is 2.17. The van der Waals surface area contributed by atoms with E-state index < -0.39 is 0 Å². The molecule has 0 aromatic heterocycles. The van der Waals surface area contributed by atoms with Crippen molar-refractivity contribution < 1.29 is 34.4 Å². The van der Waals surface area contributed by atoms with Gasteiger partial charge >= 0.3 is 29.6 Å². The number of fused-ring (bicyclic) bond motifs is 1. The molecule has 1 aromatic rings. The Morgan fingerprint density at radius 3 is 2.59 bits per heavy atom. The molecule has 2 nitrogen and oxygen atoms in total. The van der Waals surface area contributed by atoms with Crippen molar-refractivity contribution >= 4 is 35.8 Å². The molecule has 1 aliphatic rings. The van der Waals surface area contributed by atoms with Crippen molar-refractivity contribution in [2.75, 3.05) is 11.4 Å². The second kappa shape index (κ2) is 6.98. The number of hydrogen-bond acceptors (Lipinski definition) is 2. The van der Waals surface area contributed by atoms with Gasteiger partial charge in [-0.05, 0) is 32.0 Å². The molecule has 5 heteroatoms. The van der Waals surface area contributed by atoms with Crippen molar-refractivity contribution in [2.45, 2.75) is 26.3 Å². The summed E-state index contributed by atoms with van der Waals surface area (Å²) < 4.78 is 1.03. The molecule has 0 fully saturated rings. The molecule has 0 saturated carbocycles. The van der Waals surface area contributed by atoms with Crippen LogP contribution in [0.4, 0.5) is 5.69 Å². The molecule has 1 aromatic carbocycles. The van der Waals surface area contributed by atoms with E-state index in [1.54, 1.807) is 0 Å². The summed E-state index contributed by atoms with van der Waals surface area (Å²) in [4.78, 5) is 14.0. The van der Waals surface area contributed by atoms with Crippen molar-refractivity contribution in [1.29, 1.82) is 0 Å². The Balaban J connectivity index is 0.00000128. The van der Waals surface area contributed by atoms with Gasteiger partial charge in [0.15, 0.2) is 5.78 Å². The van der Waals surface area contributed by atoms with Gasteiger partial charge in [0.05, 0.1) is 0 Å². The van der Waals surface area contributed by atoms with Gasteiger partial charge in [-0.15, -0.1) is 0 Å². The number of Topliss-reactive ketones (excluding diaryl/α,β-unsaturated/α-hetero) is 1. The van der Waals surface area contributed by atoms with Crippen LogP contribution in [0.2, 0.25) is 0 Å². The molecule has 84 valence electrons. The molecule has 1 aliphatic heterocycles. The Hall–Kier alpha value is 0.235. The normalized spacial score (nSPS) is 13.9. The fourth-order valence-electron chi connectivity index (χ4n) is 1.99. The molecule has 0 unspecified atom stereocenters. The third kappa shape index (κ3) is 3.60. The third-order valence-electron chi connectivity index (χ3n) is 2.77. The minimum Gasteiger partial charge on any atom is -1.00 e. The predicted molar refractivity (Wildman–Crippen MR) is 71.3 cm³/mol. The zero-order chi connectivity index (χ0) is 11.0. The minimum atomic E-state index is 0. The van der Waals surface area contributed by atoms with Crippen LogP contribution < -0.4 is 34.5 Å². The average molecular weight is 302 g/mol. The number of carbonyl (C=O) groups excluding carboxylic acids is 1. The van der Waals surface area contributed by atoms with Gasteiger partial charge < -0.3 is 13.3 Å². The Morgan fingerprint density at radius 1 is 1.35 bits per heavy atom. The zero-order valence-electron chi connectivity index (χ0n) is 10.5. The standard InChI is InChI=1S/C12H14BrNO.B.Na/c1-8(2)14-6-5-12(15)10-4-3-9(13)7-11(10)14;;/h3-4,7-8H,5-6H2,1-2H3;;/q;-1;+1. The predicted octanol–water partition coefficient (Wildman–Crippen LogP) is -0.127. The Bertz CT molecular complexity index is 411. The largest absolute Gasteiger partial charge is 1.00 e. The van der Waals surface area contributed by atoms with E-state index in [1.807, 2.05) is 18.2 Å². The molecule has 0 saturated heterocycles. The molecule has 0 atom stereocenters. The van der Waals surface area contributed by atoms with Gasteiger partial charge in [-0.2, -0.15) is 0 Å². The summed E-state index contributed by atoms with van der Waals surface area (Å²) in [5, 5.41) is 0. The van der Waals surface area contributed by atoms with E-state index in [4.69, 9.17) is 0 Å². The number of ketones is 1. The van der Waals surface area contributed by atoms with Gasteiger partial charge in [-0.1, -0.05) is 15.9 Å². The summed E-state index contributed by atoms with van der Waals surface area (Å²) in [6.07, 6.45) is 0.632. The molecule has 1 heterocycles. The van der Waals surface area contributed by atoms with Gasteiger partial charge in [0.25, 0.3) is 0 Å². The van der Waals surface area contributed by atoms with Gasteiger partial charge in [-0.3, -0.25) is 4.79 Å². The maximum Gasteiger partial charge on any atom is 1.00 e. The van der Waals surface area contributed by atoms with Crippen LogP contribution in [0.5, 0.6) is 0 Å². The van der Waals surface area contributed by atoms with Crippen LogP contribution in [0.3, 0.4) is 0 Å². The molecular weight excluding hydrogens is 288 g/mol. The van der Waals surface area contributed by atoms with Crippen LogP contribution in [0.25, 0.3) is 0 Å². The first-order valence-electron chi connectivity index (χ1n) is 5.19. The summed E-state index contributed by atoms with van der Waals surface area (Å²) in [7, 11) is 0. The van der Waals surface area contributed by atoms with Crippen LogP contribution in [-0.2, 0) is 0 Å². The van der Waals surface area contributed by atoms with Gasteiger partial charge in [0.1, 0.15) is 0 Å². The van der Waals surface area contributed by atoms with Crippen molar-refractivity contribution in [1.82, 2.24) is 0 Å². The Morgan fingerprint density at radius 2 is 2.00 bits per heavy atom. The van der Waals surface area contributed by atoms with Crippen LogP contribution in [0.15, 0.2) is 22.7 Å². The van der Waals surface area contributed by atoms with Crippen molar-refractivity contribution in [3.63, 3.8) is 0 Å². The van der Waals surface area contributed by atoms with Crippen LogP contribution >= 0.6 is 15.9 Å². The van der Waals surface area contributed by atoms with Crippen LogP contribution in [-0.4, -0.2) is 26.8 Å².